The van der Waals surface area contributed by atoms with Crippen molar-refractivity contribution >= 4 is 15.9 Å². The quantitative estimate of drug-likeness (QED) is 0.738. The summed E-state index contributed by atoms with van der Waals surface area (Å²) in [6, 6.07) is 0. The van der Waals surface area contributed by atoms with Crippen LogP contribution in [-0.4, -0.2) is 73.3 Å². The van der Waals surface area contributed by atoms with E-state index in [1.165, 1.54) is 4.31 Å². The summed E-state index contributed by atoms with van der Waals surface area (Å²) < 4.78 is 42.0. The highest BCUT2D eigenvalue weighted by Gasteiger charge is 2.44. The largest absolute Gasteiger partial charge is 0.350 e. The molecule has 3 aliphatic heterocycles. The van der Waals surface area contributed by atoms with E-state index in [4.69, 9.17) is 9.47 Å². The molecule has 3 saturated heterocycles. The fraction of sp³-hybridized carbons (Fsp3) is 0.750. The van der Waals surface area contributed by atoms with Gasteiger partial charge in [-0.25, -0.2) is 8.42 Å². The van der Waals surface area contributed by atoms with Gasteiger partial charge >= 0.3 is 0 Å². The van der Waals surface area contributed by atoms with E-state index in [1.807, 2.05) is 18.5 Å². The number of sulfonamides is 1. The van der Waals surface area contributed by atoms with Gasteiger partial charge < -0.3 is 18.9 Å². The third kappa shape index (κ3) is 3.52. The zero-order chi connectivity index (χ0) is 20.8. The van der Waals surface area contributed by atoms with Crippen molar-refractivity contribution in [3.05, 3.63) is 17.0 Å². The molecular formula is C20H31N3O5S. The third-order valence-electron chi connectivity index (χ3n) is 6.68. The van der Waals surface area contributed by atoms with Crippen molar-refractivity contribution in [3.8, 4) is 0 Å². The lowest BCUT2D eigenvalue weighted by atomic mass is 10.1. The monoisotopic (exact) mass is 425 g/mol. The van der Waals surface area contributed by atoms with Crippen molar-refractivity contribution in [3.63, 3.8) is 0 Å². The van der Waals surface area contributed by atoms with E-state index in [2.05, 4.69) is 0 Å². The summed E-state index contributed by atoms with van der Waals surface area (Å²) in [6.45, 7) is 6.74. The second-order valence-corrected chi connectivity index (χ2v) is 10.2. The normalized spacial score (nSPS) is 23.1. The summed E-state index contributed by atoms with van der Waals surface area (Å²) in [4.78, 5) is 15.3. The molecule has 0 bridgehead atoms. The van der Waals surface area contributed by atoms with Crippen LogP contribution in [0.4, 0.5) is 0 Å². The van der Waals surface area contributed by atoms with Crippen LogP contribution < -0.4 is 0 Å². The van der Waals surface area contributed by atoms with Gasteiger partial charge in [0.1, 0.15) is 4.90 Å². The number of carbonyl (C=O) groups is 1. The Morgan fingerprint density at radius 3 is 2.10 bits per heavy atom. The molecule has 0 unspecified atom stereocenters. The molecule has 1 aromatic rings. The lowest BCUT2D eigenvalue weighted by molar-refractivity contribution is -0.179. The second kappa shape index (κ2) is 7.68. The van der Waals surface area contributed by atoms with Crippen molar-refractivity contribution in [2.75, 3.05) is 39.4 Å². The first-order valence-corrected chi connectivity index (χ1v) is 11.9. The van der Waals surface area contributed by atoms with Gasteiger partial charge in [0, 0.05) is 57.5 Å². The Morgan fingerprint density at radius 1 is 0.931 bits per heavy atom. The number of likely N-dealkylation sites (tertiary alicyclic amines) is 1. The highest BCUT2D eigenvalue weighted by molar-refractivity contribution is 7.89. The zero-order valence-electron chi connectivity index (χ0n) is 17.6. The van der Waals surface area contributed by atoms with Crippen LogP contribution in [0.5, 0.6) is 0 Å². The number of piperidine rings is 2. The number of ether oxygens (including phenoxy) is 2. The first-order valence-electron chi connectivity index (χ1n) is 10.5. The van der Waals surface area contributed by atoms with Crippen LogP contribution in [0.2, 0.25) is 0 Å². The minimum absolute atomic E-state index is 0.164. The van der Waals surface area contributed by atoms with Crippen molar-refractivity contribution < 1.29 is 22.7 Å². The highest BCUT2D eigenvalue weighted by Crippen LogP contribution is 2.36. The predicted molar refractivity (Wildman–Crippen MR) is 107 cm³/mol. The molecule has 162 valence electrons. The van der Waals surface area contributed by atoms with Crippen molar-refractivity contribution in [2.45, 2.75) is 56.6 Å². The van der Waals surface area contributed by atoms with E-state index in [9.17, 15) is 13.2 Å². The maximum absolute atomic E-state index is 13.6. The molecular weight excluding hydrogens is 394 g/mol. The number of hydrogen-bond acceptors (Lipinski definition) is 5. The molecule has 9 heteroatoms. The standard InChI is InChI=1S/C20H31N3O5S/c1-15-17(19(24)22-9-5-4-6-10-22)18(16(2)21(15)3)29(25,26)23-11-7-20(8-12-23)27-13-14-28-20/h4-14H2,1-3H3. The maximum atomic E-state index is 13.6. The molecule has 1 amide bonds. The minimum atomic E-state index is -3.80. The molecule has 8 nitrogen and oxygen atoms in total. The molecule has 1 spiro atoms. The summed E-state index contributed by atoms with van der Waals surface area (Å²) >= 11 is 0. The van der Waals surface area contributed by atoms with Crippen LogP contribution in [0.15, 0.2) is 4.90 Å². The molecule has 0 aromatic carbocycles. The SMILES string of the molecule is Cc1c(C(=O)N2CCCCC2)c(S(=O)(=O)N2CCC3(CC2)OCCO3)c(C)n1C. The molecule has 1 aromatic heterocycles. The van der Waals surface area contributed by atoms with E-state index in [0.29, 0.717) is 69.2 Å². The number of amides is 1. The van der Waals surface area contributed by atoms with E-state index in [1.54, 1.807) is 11.8 Å². The van der Waals surface area contributed by atoms with Gasteiger partial charge in [-0.1, -0.05) is 0 Å². The maximum Gasteiger partial charge on any atom is 0.257 e. The fourth-order valence-corrected chi connectivity index (χ4v) is 6.65. The highest BCUT2D eigenvalue weighted by atomic mass is 32.2. The van der Waals surface area contributed by atoms with Crippen molar-refractivity contribution in [1.29, 1.82) is 0 Å². The van der Waals surface area contributed by atoms with E-state index in [0.717, 1.165) is 19.3 Å². The Labute approximate surface area is 172 Å². The molecule has 4 heterocycles. The van der Waals surface area contributed by atoms with E-state index >= 15 is 0 Å². The lowest BCUT2D eigenvalue weighted by Gasteiger charge is -2.37. The predicted octanol–water partition coefficient (Wildman–Crippen LogP) is 1.80. The molecule has 0 N–H and O–H groups in total. The Bertz CT molecular complexity index is 886. The van der Waals surface area contributed by atoms with Gasteiger partial charge in [-0.3, -0.25) is 4.79 Å². The average Bonchev–Trinajstić information content (AvgIpc) is 3.27. The van der Waals surface area contributed by atoms with Gasteiger partial charge in [-0.05, 0) is 33.1 Å². The number of carbonyl (C=O) groups excluding carboxylic acids is 1. The topological polar surface area (TPSA) is 81.1 Å². The van der Waals surface area contributed by atoms with Gasteiger partial charge in [-0.2, -0.15) is 4.31 Å². The summed E-state index contributed by atoms with van der Waals surface area (Å²) in [5.41, 5.74) is 1.64. The fourth-order valence-electron chi connectivity index (χ4n) is 4.72. The van der Waals surface area contributed by atoms with Crippen LogP contribution in [0.25, 0.3) is 0 Å². The third-order valence-corrected chi connectivity index (χ3v) is 8.74. The van der Waals surface area contributed by atoms with E-state index < -0.39 is 15.8 Å². The van der Waals surface area contributed by atoms with Crippen molar-refractivity contribution in [2.24, 2.45) is 7.05 Å². The molecule has 0 atom stereocenters. The van der Waals surface area contributed by atoms with Crippen LogP contribution in [-0.2, 0) is 26.5 Å². The smallest absolute Gasteiger partial charge is 0.257 e. The number of hydrogen-bond donors (Lipinski definition) is 0. The summed E-state index contributed by atoms with van der Waals surface area (Å²) in [5, 5.41) is 0. The molecule has 4 rings (SSSR count). The van der Waals surface area contributed by atoms with Crippen LogP contribution >= 0.6 is 0 Å². The van der Waals surface area contributed by atoms with Crippen LogP contribution in [0.1, 0.15) is 53.8 Å². The number of nitrogens with zero attached hydrogens (tertiary/aromatic N) is 3. The summed E-state index contributed by atoms with van der Waals surface area (Å²) in [6.07, 6.45) is 4.06. The first-order chi connectivity index (χ1) is 13.8. The molecule has 0 radical (unpaired) electrons. The molecule has 0 saturated carbocycles. The van der Waals surface area contributed by atoms with Crippen molar-refractivity contribution in [1.82, 2.24) is 13.8 Å². The molecule has 29 heavy (non-hydrogen) atoms. The Balaban J connectivity index is 1.66. The summed E-state index contributed by atoms with van der Waals surface area (Å²) in [7, 11) is -1.98. The Morgan fingerprint density at radius 2 is 1.52 bits per heavy atom. The van der Waals surface area contributed by atoms with E-state index in [-0.39, 0.29) is 10.8 Å². The Hall–Kier alpha value is -1.42. The summed E-state index contributed by atoms with van der Waals surface area (Å²) in [5.74, 6) is -0.805. The first kappa shape index (κ1) is 20.8. The van der Waals surface area contributed by atoms with Crippen LogP contribution in [0.3, 0.4) is 0 Å². The minimum Gasteiger partial charge on any atom is -0.350 e. The van der Waals surface area contributed by atoms with Crippen LogP contribution in [0, 0.1) is 13.8 Å². The molecule has 3 fully saturated rings. The molecule has 3 aliphatic rings. The van der Waals surface area contributed by atoms with Gasteiger partial charge in [0.05, 0.1) is 18.8 Å². The zero-order valence-corrected chi connectivity index (χ0v) is 18.4. The average molecular weight is 426 g/mol. The van der Waals surface area contributed by atoms with Gasteiger partial charge in [-0.15, -0.1) is 0 Å². The number of rotatable bonds is 3. The lowest BCUT2D eigenvalue weighted by Crippen LogP contribution is -2.47. The number of aromatic nitrogens is 1. The van der Waals surface area contributed by atoms with Gasteiger partial charge in [0.2, 0.25) is 10.0 Å². The Kier molecular flexibility index (Phi) is 5.52. The van der Waals surface area contributed by atoms with Gasteiger partial charge in [0.15, 0.2) is 5.79 Å². The molecule has 0 aliphatic carbocycles. The second-order valence-electron chi connectivity index (χ2n) is 8.30. The van der Waals surface area contributed by atoms with Gasteiger partial charge in [0.25, 0.3) is 5.91 Å².